The van der Waals surface area contributed by atoms with Gasteiger partial charge in [0.15, 0.2) is 0 Å². The van der Waals surface area contributed by atoms with Gasteiger partial charge < -0.3 is 20.1 Å². The number of amides is 2. The van der Waals surface area contributed by atoms with Crippen molar-refractivity contribution in [2.45, 2.75) is 52.1 Å². The van der Waals surface area contributed by atoms with Crippen LogP contribution >= 0.6 is 0 Å². The van der Waals surface area contributed by atoms with Gasteiger partial charge in [-0.15, -0.1) is 0 Å². The molecule has 6 nitrogen and oxygen atoms in total. The standard InChI is InChI=1S/C19H22N2O4.C2H6/c1-20-18(24)17(7-5-11-23)21-13-15-12-14(6-3-2-4-10-22)8-9-16(15)19(21)25;1-2/h8-9,11-12,17,22H,2,4-5,7,10,13H2,1H3,(H,20,24);1-2H3. The van der Waals surface area contributed by atoms with E-state index >= 15 is 0 Å². The molecule has 2 rings (SSSR count). The molecular formula is C21H28N2O4. The number of benzene rings is 1. The quantitative estimate of drug-likeness (QED) is 0.435. The fraction of sp³-hybridized carbons (Fsp3) is 0.476. The Kier molecular flexibility index (Phi) is 9.84. The average Bonchev–Trinajstić information content (AvgIpc) is 3.02. The third-order valence-electron chi connectivity index (χ3n) is 4.11. The Morgan fingerprint density at radius 1 is 1.41 bits per heavy atom. The van der Waals surface area contributed by atoms with Crippen LogP contribution in [0.3, 0.4) is 0 Å². The van der Waals surface area contributed by atoms with Crippen molar-refractivity contribution in [3.8, 4) is 11.8 Å². The summed E-state index contributed by atoms with van der Waals surface area (Å²) in [4.78, 5) is 36.9. The van der Waals surface area contributed by atoms with Gasteiger partial charge in [-0.1, -0.05) is 25.7 Å². The van der Waals surface area contributed by atoms with Crippen molar-refractivity contribution >= 4 is 18.1 Å². The minimum Gasteiger partial charge on any atom is -0.396 e. The first-order valence-corrected chi connectivity index (χ1v) is 9.31. The molecule has 1 aromatic carbocycles. The molecule has 0 fully saturated rings. The maximum atomic E-state index is 12.6. The van der Waals surface area contributed by atoms with Crippen molar-refractivity contribution in [1.82, 2.24) is 10.2 Å². The fourth-order valence-corrected chi connectivity index (χ4v) is 2.83. The average molecular weight is 372 g/mol. The summed E-state index contributed by atoms with van der Waals surface area (Å²) in [6, 6.07) is 4.72. The minimum atomic E-state index is -0.658. The number of hydrogen-bond acceptors (Lipinski definition) is 4. The highest BCUT2D eigenvalue weighted by molar-refractivity contribution is 6.01. The van der Waals surface area contributed by atoms with Crippen LogP contribution in [0.5, 0.6) is 0 Å². The van der Waals surface area contributed by atoms with E-state index in [4.69, 9.17) is 5.11 Å². The lowest BCUT2D eigenvalue weighted by molar-refractivity contribution is -0.125. The van der Waals surface area contributed by atoms with Crippen LogP contribution < -0.4 is 5.32 Å². The van der Waals surface area contributed by atoms with Gasteiger partial charge in [0.05, 0.1) is 0 Å². The maximum absolute atomic E-state index is 12.6. The molecule has 6 heteroatoms. The van der Waals surface area contributed by atoms with E-state index in [1.807, 2.05) is 19.9 Å². The van der Waals surface area contributed by atoms with Crippen molar-refractivity contribution in [2.75, 3.05) is 13.7 Å². The van der Waals surface area contributed by atoms with Crippen molar-refractivity contribution in [3.63, 3.8) is 0 Å². The van der Waals surface area contributed by atoms with Crippen LogP contribution in [-0.2, 0) is 16.1 Å². The zero-order chi connectivity index (χ0) is 20.2. The summed E-state index contributed by atoms with van der Waals surface area (Å²) in [6.45, 7) is 4.45. The number of likely N-dealkylation sites (N-methyl/N-ethyl adjacent to an activating group) is 1. The number of unbranched alkanes of at least 4 members (excludes halogenated alkanes) is 1. The molecule has 0 saturated heterocycles. The van der Waals surface area contributed by atoms with Crippen molar-refractivity contribution < 1.29 is 19.5 Å². The van der Waals surface area contributed by atoms with E-state index in [-0.39, 0.29) is 24.8 Å². The molecule has 0 aliphatic carbocycles. The minimum absolute atomic E-state index is 0.115. The lowest BCUT2D eigenvalue weighted by Crippen LogP contribution is -2.46. The third kappa shape index (κ3) is 5.93. The molecule has 0 spiro atoms. The molecular weight excluding hydrogens is 344 g/mol. The highest BCUT2D eigenvalue weighted by Crippen LogP contribution is 2.27. The molecule has 1 unspecified atom stereocenters. The maximum Gasteiger partial charge on any atom is 0.255 e. The summed E-state index contributed by atoms with van der Waals surface area (Å²) in [5, 5.41) is 11.3. The number of carbonyl (C=O) groups is 3. The van der Waals surface area contributed by atoms with Crippen LogP contribution in [0.1, 0.15) is 61.0 Å². The summed E-state index contributed by atoms with van der Waals surface area (Å²) in [7, 11) is 1.52. The SMILES string of the molecule is CC.CNC(=O)C(CCC=O)N1Cc2cc(C#CCCCO)ccc2C1=O. The van der Waals surface area contributed by atoms with Gasteiger partial charge in [-0.3, -0.25) is 9.59 Å². The molecule has 2 amide bonds. The normalized spacial score (nSPS) is 12.9. The van der Waals surface area contributed by atoms with E-state index < -0.39 is 6.04 Å². The monoisotopic (exact) mass is 372 g/mol. The predicted octanol–water partition coefficient (Wildman–Crippen LogP) is 1.89. The van der Waals surface area contributed by atoms with E-state index in [9.17, 15) is 14.4 Å². The van der Waals surface area contributed by atoms with Crippen molar-refractivity contribution in [2.24, 2.45) is 0 Å². The molecule has 27 heavy (non-hydrogen) atoms. The second kappa shape index (κ2) is 11.9. The first-order chi connectivity index (χ1) is 13.1. The first-order valence-electron chi connectivity index (χ1n) is 9.31. The fourth-order valence-electron chi connectivity index (χ4n) is 2.83. The van der Waals surface area contributed by atoms with Gasteiger partial charge >= 0.3 is 0 Å². The summed E-state index contributed by atoms with van der Waals surface area (Å²) in [5.74, 6) is 5.53. The Balaban J connectivity index is 0.00000176. The molecule has 2 N–H and O–H groups in total. The molecule has 0 saturated carbocycles. The summed E-state index contributed by atoms with van der Waals surface area (Å²) in [5.41, 5.74) is 2.20. The van der Waals surface area contributed by atoms with Crippen molar-refractivity contribution in [3.05, 3.63) is 34.9 Å². The van der Waals surface area contributed by atoms with Crippen LogP contribution in [0.25, 0.3) is 0 Å². The van der Waals surface area contributed by atoms with E-state index in [1.54, 1.807) is 12.1 Å². The van der Waals surface area contributed by atoms with E-state index in [1.165, 1.54) is 11.9 Å². The van der Waals surface area contributed by atoms with E-state index in [2.05, 4.69) is 17.2 Å². The van der Waals surface area contributed by atoms with Crippen LogP contribution in [0.15, 0.2) is 18.2 Å². The number of rotatable bonds is 7. The topological polar surface area (TPSA) is 86.7 Å². The Morgan fingerprint density at radius 2 is 2.15 bits per heavy atom. The number of hydrogen-bond donors (Lipinski definition) is 2. The van der Waals surface area contributed by atoms with Gasteiger partial charge in [0, 0.05) is 44.2 Å². The number of nitrogens with one attached hydrogen (secondary N) is 1. The lowest BCUT2D eigenvalue weighted by atomic mass is 10.1. The highest BCUT2D eigenvalue weighted by atomic mass is 16.3. The molecule has 1 aliphatic rings. The number of aldehydes is 1. The largest absolute Gasteiger partial charge is 0.396 e. The number of aliphatic hydroxyl groups excluding tert-OH is 1. The zero-order valence-electron chi connectivity index (χ0n) is 16.2. The summed E-state index contributed by atoms with van der Waals surface area (Å²) in [6.07, 6.45) is 2.53. The van der Waals surface area contributed by atoms with Gasteiger partial charge in [0.25, 0.3) is 5.91 Å². The van der Waals surface area contributed by atoms with Gasteiger partial charge in [-0.05, 0) is 36.6 Å². The number of nitrogens with zero attached hydrogens (tertiary/aromatic N) is 1. The molecule has 0 radical (unpaired) electrons. The van der Waals surface area contributed by atoms with E-state index in [0.29, 0.717) is 31.4 Å². The molecule has 0 bridgehead atoms. The predicted molar refractivity (Wildman–Crippen MR) is 104 cm³/mol. The first kappa shape index (κ1) is 22.4. The molecule has 1 atom stereocenters. The van der Waals surface area contributed by atoms with E-state index in [0.717, 1.165) is 17.4 Å². The third-order valence-corrected chi connectivity index (χ3v) is 4.11. The number of carbonyl (C=O) groups excluding carboxylic acids is 3. The molecule has 1 heterocycles. The second-order valence-electron chi connectivity index (χ2n) is 5.81. The summed E-state index contributed by atoms with van der Waals surface area (Å²) < 4.78 is 0. The van der Waals surface area contributed by atoms with Gasteiger partial charge in [-0.25, -0.2) is 0 Å². The molecule has 0 aromatic heterocycles. The van der Waals surface area contributed by atoms with Crippen molar-refractivity contribution in [1.29, 1.82) is 0 Å². The smallest absolute Gasteiger partial charge is 0.255 e. The summed E-state index contributed by atoms with van der Waals surface area (Å²) >= 11 is 0. The van der Waals surface area contributed by atoms with Gasteiger partial charge in [-0.2, -0.15) is 0 Å². The molecule has 1 aliphatic heterocycles. The number of aliphatic hydroxyl groups is 1. The Bertz CT molecular complexity index is 719. The zero-order valence-corrected chi connectivity index (χ0v) is 16.2. The number of fused-ring (bicyclic) bond motifs is 1. The lowest BCUT2D eigenvalue weighted by Gasteiger charge is -2.25. The Morgan fingerprint density at radius 3 is 2.78 bits per heavy atom. The second-order valence-corrected chi connectivity index (χ2v) is 5.81. The van der Waals surface area contributed by atoms with Gasteiger partial charge in [0.1, 0.15) is 12.3 Å². The van der Waals surface area contributed by atoms with Crippen LogP contribution in [0.4, 0.5) is 0 Å². The van der Waals surface area contributed by atoms with Crippen LogP contribution in [0.2, 0.25) is 0 Å². The highest BCUT2D eigenvalue weighted by Gasteiger charge is 2.35. The molecule has 146 valence electrons. The Hall–Kier alpha value is -2.65. The molecule has 1 aromatic rings. The van der Waals surface area contributed by atoms with Gasteiger partial charge in [0.2, 0.25) is 5.91 Å². The van der Waals surface area contributed by atoms with Crippen LogP contribution in [0, 0.1) is 11.8 Å². The van der Waals surface area contributed by atoms with Crippen LogP contribution in [-0.4, -0.2) is 47.8 Å². The Labute approximate surface area is 160 Å².